The van der Waals surface area contributed by atoms with Crippen molar-refractivity contribution in [3.63, 3.8) is 0 Å². The van der Waals surface area contributed by atoms with Gasteiger partial charge in [-0.3, -0.25) is 14.2 Å². The van der Waals surface area contributed by atoms with Gasteiger partial charge in [0.25, 0.3) is 11.5 Å². The SMILES string of the molecule is CCCn1c(=O)c2ccc(C(=O)NC(C)C)cc2n2c(=O)n(Cc3cccc(C)c3)nc12. The monoisotopic (exact) mass is 433 g/mol. The Bertz CT molecular complexity index is 1440. The first kappa shape index (κ1) is 21.5. The van der Waals surface area contributed by atoms with Crippen LogP contribution < -0.4 is 16.6 Å². The van der Waals surface area contributed by atoms with E-state index in [1.807, 2.05) is 52.0 Å². The number of hydrogen-bond donors (Lipinski definition) is 1. The fourth-order valence-electron chi connectivity index (χ4n) is 3.91. The summed E-state index contributed by atoms with van der Waals surface area (Å²) in [6, 6.07) is 12.7. The highest BCUT2D eigenvalue weighted by Gasteiger charge is 2.19. The molecule has 0 atom stereocenters. The first-order valence-corrected chi connectivity index (χ1v) is 10.8. The Hall–Kier alpha value is -3.68. The van der Waals surface area contributed by atoms with Gasteiger partial charge in [0, 0.05) is 18.2 Å². The van der Waals surface area contributed by atoms with E-state index in [0.29, 0.717) is 23.0 Å². The number of hydrogen-bond acceptors (Lipinski definition) is 4. The number of fused-ring (bicyclic) bond motifs is 3. The van der Waals surface area contributed by atoms with Crippen molar-refractivity contribution >= 4 is 22.6 Å². The van der Waals surface area contributed by atoms with Crippen LogP contribution in [0.2, 0.25) is 0 Å². The van der Waals surface area contributed by atoms with Crippen LogP contribution in [0.4, 0.5) is 0 Å². The highest BCUT2D eigenvalue weighted by molar-refractivity contribution is 5.98. The average molecular weight is 434 g/mol. The number of carbonyl (C=O) groups is 1. The van der Waals surface area contributed by atoms with E-state index in [-0.39, 0.29) is 35.5 Å². The first-order valence-electron chi connectivity index (χ1n) is 10.8. The zero-order valence-corrected chi connectivity index (χ0v) is 18.8. The van der Waals surface area contributed by atoms with Crippen LogP contribution in [0.15, 0.2) is 52.1 Å². The molecule has 2 aromatic heterocycles. The van der Waals surface area contributed by atoms with Crippen molar-refractivity contribution in [1.29, 1.82) is 0 Å². The van der Waals surface area contributed by atoms with Crippen molar-refractivity contribution in [3.05, 3.63) is 80.0 Å². The minimum Gasteiger partial charge on any atom is -0.350 e. The molecule has 0 spiro atoms. The lowest BCUT2D eigenvalue weighted by Crippen LogP contribution is -2.30. The van der Waals surface area contributed by atoms with E-state index in [1.165, 1.54) is 13.6 Å². The standard InChI is InChI=1S/C24H27N5O3/c1-5-11-27-22(31)19-10-9-18(21(30)25-15(2)3)13-20(19)29-23(27)26-28(24(29)32)14-17-8-6-7-16(4)12-17/h6-10,12-13,15H,5,11,14H2,1-4H3,(H,25,30). The third kappa shape index (κ3) is 3.84. The quantitative estimate of drug-likeness (QED) is 0.506. The lowest BCUT2D eigenvalue weighted by atomic mass is 10.1. The molecule has 4 rings (SSSR count). The van der Waals surface area contributed by atoms with Crippen molar-refractivity contribution in [2.24, 2.45) is 0 Å². The lowest BCUT2D eigenvalue weighted by molar-refractivity contribution is 0.0943. The normalized spacial score (nSPS) is 11.5. The molecule has 0 unspecified atom stereocenters. The number of nitrogens with zero attached hydrogens (tertiary/aromatic N) is 4. The number of amides is 1. The zero-order valence-electron chi connectivity index (χ0n) is 18.8. The number of aromatic nitrogens is 4. The molecule has 0 aliphatic carbocycles. The molecule has 1 amide bonds. The van der Waals surface area contributed by atoms with Crippen molar-refractivity contribution in [3.8, 4) is 0 Å². The third-order valence-electron chi connectivity index (χ3n) is 5.32. The van der Waals surface area contributed by atoms with Gasteiger partial charge < -0.3 is 5.32 Å². The van der Waals surface area contributed by atoms with E-state index in [0.717, 1.165) is 17.5 Å². The molecule has 0 saturated heterocycles. The van der Waals surface area contributed by atoms with Gasteiger partial charge in [-0.2, -0.15) is 0 Å². The predicted octanol–water partition coefficient (Wildman–Crippen LogP) is 2.72. The van der Waals surface area contributed by atoms with Crippen LogP contribution in [0.5, 0.6) is 0 Å². The Balaban J connectivity index is 1.98. The summed E-state index contributed by atoms with van der Waals surface area (Å²) in [5.41, 5.74) is 2.23. The molecule has 2 aromatic carbocycles. The van der Waals surface area contributed by atoms with E-state index >= 15 is 0 Å². The summed E-state index contributed by atoms with van der Waals surface area (Å²) in [6.07, 6.45) is 0.717. The van der Waals surface area contributed by atoms with E-state index < -0.39 is 0 Å². The fraction of sp³-hybridized carbons (Fsp3) is 0.333. The lowest BCUT2D eigenvalue weighted by Gasteiger charge is -2.11. The minimum atomic E-state index is -0.349. The van der Waals surface area contributed by atoms with Crippen LogP contribution in [-0.2, 0) is 13.1 Å². The molecule has 0 saturated carbocycles. The third-order valence-corrected chi connectivity index (χ3v) is 5.32. The van der Waals surface area contributed by atoms with E-state index in [9.17, 15) is 14.4 Å². The predicted molar refractivity (Wildman–Crippen MR) is 124 cm³/mol. The molecule has 0 fully saturated rings. The molecule has 4 aromatic rings. The molecule has 1 N–H and O–H groups in total. The van der Waals surface area contributed by atoms with Gasteiger partial charge >= 0.3 is 5.69 Å². The van der Waals surface area contributed by atoms with Gasteiger partial charge in [-0.05, 0) is 51.0 Å². The second kappa shape index (κ2) is 8.45. The van der Waals surface area contributed by atoms with Gasteiger partial charge in [-0.15, -0.1) is 5.10 Å². The summed E-state index contributed by atoms with van der Waals surface area (Å²) in [6.45, 7) is 8.44. The number of rotatable bonds is 6. The molecule has 8 heteroatoms. The number of carbonyl (C=O) groups excluding carboxylic acids is 1. The Morgan fingerprint density at radius 2 is 1.91 bits per heavy atom. The maximum absolute atomic E-state index is 13.4. The van der Waals surface area contributed by atoms with Gasteiger partial charge in [-0.25, -0.2) is 13.9 Å². The molecular formula is C24H27N5O3. The summed E-state index contributed by atoms with van der Waals surface area (Å²) in [7, 11) is 0. The molecule has 8 nitrogen and oxygen atoms in total. The van der Waals surface area contributed by atoms with Crippen LogP contribution in [0.3, 0.4) is 0 Å². The van der Waals surface area contributed by atoms with Crippen molar-refractivity contribution in [2.75, 3.05) is 0 Å². The average Bonchev–Trinajstić information content (AvgIpc) is 3.06. The van der Waals surface area contributed by atoms with Gasteiger partial charge in [0.2, 0.25) is 5.78 Å². The smallest absolute Gasteiger partial charge is 0.350 e. The summed E-state index contributed by atoms with van der Waals surface area (Å²) in [5.74, 6) is 0.0245. The molecule has 0 bridgehead atoms. The van der Waals surface area contributed by atoms with Crippen molar-refractivity contribution < 1.29 is 4.79 Å². The van der Waals surface area contributed by atoms with Crippen LogP contribution in [0.1, 0.15) is 48.7 Å². The van der Waals surface area contributed by atoms with Gasteiger partial charge in [0.15, 0.2) is 0 Å². The summed E-state index contributed by atoms with van der Waals surface area (Å²) >= 11 is 0. The fourth-order valence-corrected chi connectivity index (χ4v) is 3.91. The van der Waals surface area contributed by atoms with E-state index in [1.54, 1.807) is 18.2 Å². The van der Waals surface area contributed by atoms with Gasteiger partial charge in [-0.1, -0.05) is 36.8 Å². The summed E-state index contributed by atoms with van der Waals surface area (Å²) in [5, 5.41) is 7.74. The maximum atomic E-state index is 13.4. The van der Waals surface area contributed by atoms with Gasteiger partial charge in [0.1, 0.15) is 0 Å². The molecule has 0 aliphatic rings. The number of nitrogens with one attached hydrogen (secondary N) is 1. The second-order valence-electron chi connectivity index (χ2n) is 8.38. The van der Waals surface area contributed by atoms with Gasteiger partial charge in [0.05, 0.1) is 17.4 Å². The molecule has 2 heterocycles. The summed E-state index contributed by atoms with van der Waals surface area (Å²) in [4.78, 5) is 39.2. The second-order valence-corrected chi connectivity index (χ2v) is 8.38. The van der Waals surface area contributed by atoms with Crippen molar-refractivity contribution in [2.45, 2.75) is 53.2 Å². The van der Waals surface area contributed by atoms with E-state index in [4.69, 9.17) is 0 Å². The Morgan fingerprint density at radius 3 is 2.59 bits per heavy atom. The Labute approximate surface area is 185 Å². The molecule has 166 valence electrons. The highest BCUT2D eigenvalue weighted by atomic mass is 16.2. The Morgan fingerprint density at radius 1 is 1.12 bits per heavy atom. The van der Waals surface area contributed by atoms with Crippen LogP contribution >= 0.6 is 0 Å². The number of aryl methyl sites for hydroxylation is 2. The van der Waals surface area contributed by atoms with E-state index in [2.05, 4.69) is 10.4 Å². The number of benzene rings is 2. The molecule has 0 radical (unpaired) electrons. The van der Waals surface area contributed by atoms with Crippen LogP contribution in [-0.4, -0.2) is 30.7 Å². The summed E-state index contributed by atoms with van der Waals surface area (Å²) < 4.78 is 4.34. The molecular weight excluding hydrogens is 406 g/mol. The zero-order chi connectivity index (χ0) is 23.0. The minimum absolute atomic E-state index is 0.0319. The maximum Gasteiger partial charge on any atom is 0.352 e. The topological polar surface area (TPSA) is 90.4 Å². The van der Waals surface area contributed by atoms with Crippen molar-refractivity contribution in [1.82, 2.24) is 24.1 Å². The van der Waals surface area contributed by atoms with Crippen LogP contribution in [0, 0.1) is 6.92 Å². The highest BCUT2D eigenvalue weighted by Crippen LogP contribution is 2.15. The first-order chi connectivity index (χ1) is 15.3. The van der Waals surface area contributed by atoms with Crippen LogP contribution in [0.25, 0.3) is 16.7 Å². The largest absolute Gasteiger partial charge is 0.352 e. The molecule has 0 aliphatic heterocycles. The molecule has 32 heavy (non-hydrogen) atoms. The Kier molecular flexibility index (Phi) is 5.69.